The highest BCUT2D eigenvalue weighted by Crippen LogP contribution is 2.25. The maximum Gasteiger partial charge on any atom is 0.295 e. The normalized spacial score (nSPS) is 12.4. The van der Waals surface area contributed by atoms with Gasteiger partial charge in [0.05, 0.1) is 23.3 Å². The molecule has 0 radical (unpaired) electrons. The van der Waals surface area contributed by atoms with Crippen molar-refractivity contribution in [3.05, 3.63) is 76.5 Å². The summed E-state index contributed by atoms with van der Waals surface area (Å²) in [7, 11) is -2.33. The molecule has 0 spiro atoms. The smallest absolute Gasteiger partial charge is 0.295 e. The van der Waals surface area contributed by atoms with Gasteiger partial charge in [-0.05, 0) is 38.1 Å². The fraction of sp³-hybridized carbons (Fsp3) is 0.238. The van der Waals surface area contributed by atoms with E-state index in [4.69, 9.17) is 0 Å². The lowest BCUT2D eigenvalue weighted by atomic mass is 10.2. The van der Waals surface area contributed by atoms with Gasteiger partial charge in [-0.3, -0.25) is 18.6 Å². The van der Waals surface area contributed by atoms with Crippen LogP contribution in [0.15, 0.2) is 59.4 Å². The molecule has 0 aliphatic rings. The van der Waals surface area contributed by atoms with Crippen LogP contribution in [0.5, 0.6) is 0 Å². The van der Waals surface area contributed by atoms with E-state index in [2.05, 4.69) is 5.32 Å². The molecule has 0 fully saturated rings. The van der Waals surface area contributed by atoms with Crippen molar-refractivity contribution in [2.75, 3.05) is 15.9 Å². The van der Waals surface area contributed by atoms with E-state index in [9.17, 15) is 22.4 Å². The van der Waals surface area contributed by atoms with Crippen LogP contribution in [0.4, 0.5) is 15.8 Å². The number of nitrogens with one attached hydrogen (secondary N) is 1. The number of hydrogen-bond donors (Lipinski definition) is 1. The topological polar surface area (TPSA) is 93.4 Å². The Morgan fingerprint density at radius 1 is 1.10 bits per heavy atom. The maximum atomic E-state index is 14.3. The average Bonchev–Trinajstić information content (AvgIpc) is 2.92. The predicted octanol–water partition coefficient (Wildman–Crippen LogP) is 2.42. The molecule has 31 heavy (non-hydrogen) atoms. The summed E-state index contributed by atoms with van der Waals surface area (Å²) in [5.41, 5.74) is 0.384. The molecule has 0 bridgehead atoms. The van der Waals surface area contributed by atoms with Gasteiger partial charge in [-0.1, -0.05) is 30.3 Å². The van der Waals surface area contributed by atoms with Crippen molar-refractivity contribution < 1.29 is 17.6 Å². The highest BCUT2D eigenvalue weighted by Gasteiger charge is 2.32. The number of halogens is 1. The number of benzene rings is 2. The molecule has 8 nitrogen and oxygen atoms in total. The van der Waals surface area contributed by atoms with Crippen molar-refractivity contribution in [3.8, 4) is 5.69 Å². The van der Waals surface area contributed by atoms with E-state index in [1.165, 1.54) is 29.8 Å². The lowest BCUT2D eigenvalue weighted by molar-refractivity contribution is -0.116. The molecular formula is C21H23FN4O4S. The Labute approximate surface area is 179 Å². The molecule has 1 N–H and O–H groups in total. The van der Waals surface area contributed by atoms with Gasteiger partial charge in [-0.2, -0.15) is 0 Å². The first kappa shape index (κ1) is 22.3. The van der Waals surface area contributed by atoms with E-state index in [0.717, 1.165) is 12.3 Å². The molecule has 1 amide bonds. The molecule has 3 rings (SSSR count). The molecule has 0 aliphatic carbocycles. The molecule has 2 aromatic carbocycles. The molecule has 1 atom stereocenters. The zero-order valence-electron chi connectivity index (χ0n) is 17.5. The first-order valence-electron chi connectivity index (χ1n) is 9.43. The van der Waals surface area contributed by atoms with E-state index in [1.807, 2.05) is 6.07 Å². The van der Waals surface area contributed by atoms with Gasteiger partial charge in [0.25, 0.3) is 5.56 Å². The molecule has 0 saturated carbocycles. The Morgan fingerprint density at radius 3 is 2.26 bits per heavy atom. The largest absolute Gasteiger partial charge is 0.318 e. The molecular weight excluding hydrogens is 423 g/mol. The van der Waals surface area contributed by atoms with Gasteiger partial charge >= 0.3 is 0 Å². The fourth-order valence-corrected chi connectivity index (χ4v) is 4.53. The van der Waals surface area contributed by atoms with Gasteiger partial charge in [0.15, 0.2) is 0 Å². The van der Waals surface area contributed by atoms with E-state index in [1.54, 1.807) is 42.9 Å². The molecule has 0 aliphatic heterocycles. The summed E-state index contributed by atoms with van der Waals surface area (Å²) in [5.74, 6) is -1.55. The monoisotopic (exact) mass is 446 g/mol. The summed E-state index contributed by atoms with van der Waals surface area (Å²) in [5, 5.41) is 2.53. The quantitative estimate of drug-likeness (QED) is 0.629. The van der Waals surface area contributed by atoms with Crippen LogP contribution in [0.2, 0.25) is 0 Å². The van der Waals surface area contributed by atoms with Crippen molar-refractivity contribution in [1.82, 2.24) is 9.36 Å². The third-order valence-corrected chi connectivity index (χ3v) is 6.21. The van der Waals surface area contributed by atoms with Crippen molar-refractivity contribution >= 4 is 27.3 Å². The number of carbonyl (C=O) groups is 1. The van der Waals surface area contributed by atoms with Crippen molar-refractivity contribution in [2.45, 2.75) is 19.9 Å². The lowest BCUT2D eigenvalue weighted by Crippen LogP contribution is -2.46. The second-order valence-electron chi connectivity index (χ2n) is 7.11. The van der Waals surface area contributed by atoms with Gasteiger partial charge < -0.3 is 5.32 Å². The molecule has 1 heterocycles. The van der Waals surface area contributed by atoms with Gasteiger partial charge in [0.2, 0.25) is 15.9 Å². The van der Waals surface area contributed by atoms with Crippen molar-refractivity contribution in [3.63, 3.8) is 0 Å². The Hall–Kier alpha value is -3.40. The van der Waals surface area contributed by atoms with Crippen molar-refractivity contribution in [1.29, 1.82) is 0 Å². The lowest BCUT2D eigenvalue weighted by Gasteiger charge is -2.28. The van der Waals surface area contributed by atoms with Gasteiger partial charge in [0.1, 0.15) is 17.5 Å². The summed E-state index contributed by atoms with van der Waals surface area (Å²) < 4.78 is 42.7. The molecule has 3 aromatic rings. The Kier molecular flexibility index (Phi) is 6.03. The van der Waals surface area contributed by atoms with Gasteiger partial charge in [-0.15, -0.1) is 0 Å². The minimum absolute atomic E-state index is 0.0187. The zero-order valence-corrected chi connectivity index (χ0v) is 18.4. The Bertz CT molecular complexity index is 1280. The summed E-state index contributed by atoms with van der Waals surface area (Å²) in [6, 6.07) is 12.8. The van der Waals surface area contributed by atoms with E-state index >= 15 is 0 Å². The molecule has 1 aromatic heterocycles. The zero-order chi connectivity index (χ0) is 22.9. The highest BCUT2D eigenvalue weighted by molar-refractivity contribution is 7.92. The van der Waals surface area contributed by atoms with Crippen LogP contribution in [0.3, 0.4) is 0 Å². The van der Waals surface area contributed by atoms with E-state index in [-0.39, 0.29) is 11.4 Å². The maximum absolute atomic E-state index is 14.3. The van der Waals surface area contributed by atoms with Crippen LogP contribution in [-0.2, 0) is 21.9 Å². The predicted molar refractivity (Wildman–Crippen MR) is 118 cm³/mol. The van der Waals surface area contributed by atoms with Gasteiger partial charge in [0, 0.05) is 7.05 Å². The summed E-state index contributed by atoms with van der Waals surface area (Å²) in [6.45, 7) is 2.99. The first-order valence-corrected chi connectivity index (χ1v) is 11.3. The Morgan fingerprint density at radius 2 is 1.68 bits per heavy atom. The molecule has 0 unspecified atom stereocenters. The number of sulfonamides is 1. The number of para-hydroxylation sites is 2. The fourth-order valence-electron chi connectivity index (χ4n) is 3.35. The number of carbonyl (C=O) groups excluding carboxylic acids is 1. The van der Waals surface area contributed by atoms with Crippen LogP contribution in [-0.4, -0.2) is 36.0 Å². The standard InChI is InChI=1S/C21H23FN4O4S/c1-14-19(21(28)25(24(14)3)16-10-6-5-7-11-16)23-20(27)15(2)26(31(4,29)30)18-13-9-8-12-17(18)22/h5-13,15H,1-4H3,(H,23,27)/t15-/m0/s1. The van der Waals surface area contributed by atoms with E-state index in [0.29, 0.717) is 15.7 Å². The van der Waals surface area contributed by atoms with Crippen LogP contribution in [0.1, 0.15) is 12.6 Å². The van der Waals surface area contributed by atoms with Crippen LogP contribution >= 0.6 is 0 Å². The molecule has 10 heteroatoms. The minimum atomic E-state index is -4.00. The summed E-state index contributed by atoms with van der Waals surface area (Å²) >= 11 is 0. The third kappa shape index (κ3) is 4.24. The average molecular weight is 447 g/mol. The molecule has 164 valence electrons. The second-order valence-corrected chi connectivity index (χ2v) is 8.97. The number of aromatic nitrogens is 2. The number of nitrogens with zero attached hydrogens (tertiary/aromatic N) is 3. The highest BCUT2D eigenvalue weighted by atomic mass is 32.2. The van der Waals surface area contributed by atoms with Crippen LogP contribution in [0, 0.1) is 12.7 Å². The van der Waals surface area contributed by atoms with Crippen molar-refractivity contribution in [2.24, 2.45) is 7.05 Å². The summed E-state index contributed by atoms with van der Waals surface area (Å²) in [6.07, 6.45) is 0.888. The number of rotatable bonds is 6. The van der Waals surface area contributed by atoms with Crippen LogP contribution < -0.4 is 15.2 Å². The molecule has 0 saturated heterocycles. The third-order valence-electron chi connectivity index (χ3n) is 4.98. The van der Waals surface area contributed by atoms with E-state index < -0.39 is 33.3 Å². The van der Waals surface area contributed by atoms with Gasteiger partial charge in [-0.25, -0.2) is 17.5 Å². The SMILES string of the molecule is Cc1c(NC(=O)[C@H](C)N(c2ccccc2F)S(C)(=O)=O)c(=O)n(-c2ccccc2)n1C. The number of amides is 1. The van der Waals surface area contributed by atoms with Crippen LogP contribution in [0.25, 0.3) is 5.69 Å². The second kappa shape index (κ2) is 8.38. The Balaban J connectivity index is 1.99. The first-order chi connectivity index (χ1) is 14.5. The minimum Gasteiger partial charge on any atom is -0.318 e. The number of anilines is 2. The summed E-state index contributed by atoms with van der Waals surface area (Å²) in [4.78, 5) is 25.9. The number of hydrogen-bond acceptors (Lipinski definition) is 4.